The number of benzene rings is 1. The number of carboxylic acids is 1. The molecule has 0 amide bonds. The summed E-state index contributed by atoms with van der Waals surface area (Å²) in [6.07, 6.45) is -4.74. The van der Waals surface area contributed by atoms with Crippen molar-refractivity contribution in [2.45, 2.75) is 46.1 Å². The maximum Gasteiger partial charge on any atom is 0.573 e. The van der Waals surface area contributed by atoms with Crippen LogP contribution in [0.4, 0.5) is 13.2 Å². The van der Waals surface area contributed by atoms with Gasteiger partial charge in [0.25, 0.3) is 0 Å². The molecular formula is C15H20F3NO3. The summed E-state index contributed by atoms with van der Waals surface area (Å²) in [6.45, 7) is 6.14. The molecule has 1 unspecified atom stereocenters. The van der Waals surface area contributed by atoms with Crippen LogP contribution in [-0.4, -0.2) is 23.5 Å². The van der Waals surface area contributed by atoms with Crippen molar-refractivity contribution in [3.8, 4) is 5.75 Å². The molecule has 1 rings (SSSR count). The van der Waals surface area contributed by atoms with Gasteiger partial charge in [-0.25, -0.2) is 0 Å². The second kappa shape index (κ2) is 7.00. The number of hydrogen-bond donors (Lipinski definition) is 2. The average molecular weight is 319 g/mol. The predicted molar refractivity (Wildman–Crippen MR) is 75.5 cm³/mol. The van der Waals surface area contributed by atoms with Crippen molar-refractivity contribution in [3.63, 3.8) is 0 Å². The number of alkyl halides is 3. The Bertz CT molecular complexity index is 492. The van der Waals surface area contributed by atoms with Crippen LogP contribution >= 0.6 is 0 Å². The van der Waals surface area contributed by atoms with Gasteiger partial charge in [0.15, 0.2) is 0 Å². The summed E-state index contributed by atoms with van der Waals surface area (Å²) >= 11 is 0. The van der Waals surface area contributed by atoms with Crippen molar-refractivity contribution < 1.29 is 27.8 Å². The first-order valence-corrected chi connectivity index (χ1v) is 6.77. The SMILES string of the molecule is CC(C)(C)C(CC(=O)O)NCc1ccc(OC(F)(F)F)cc1. The normalized spacial score (nSPS) is 13.7. The van der Waals surface area contributed by atoms with E-state index < -0.39 is 12.3 Å². The Labute approximate surface area is 127 Å². The van der Waals surface area contributed by atoms with Crippen molar-refractivity contribution in [1.29, 1.82) is 0 Å². The van der Waals surface area contributed by atoms with Crippen LogP contribution in [0.15, 0.2) is 24.3 Å². The van der Waals surface area contributed by atoms with E-state index in [1.807, 2.05) is 20.8 Å². The Kier molecular flexibility index (Phi) is 5.82. The summed E-state index contributed by atoms with van der Waals surface area (Å²) in [4.78, 5) is 10.9. The molecule has 0 radical (unpaired) electrons. The first kappa shape index (κ1) is 18.3. The van der Waals surface area contributed by atoms with Crippen LogP contribution in [0.3, 0.4) is 0 Å². The van der Waals surface area contributed by atoms with E-state index in [1.165, 1.54) is 24.3 Å². The summed E-state index contributed by atoms with van der Waals surface area (Å²) in [5.41, 5.74) is 0.492. The molecule has 1 aromatic rings. The molecule has 0 saturated heterocycles. The van der Waals surface area contributed by atoms with Gasteiger partial charge in [0.05, 0.1) is 6.42 Å². The third-order valence-corrected chi connectivity index (χ3v) is 3.13. The van der Waals surface area contributed by atoms with Gasteiger partial charge in [0, 0.05) is 12.6 Å². The van der Waals surface area contributed by atoms with E-state index >= 15 is 0 Å². The topological polar surface area (TPSA) is 58.6 Å². The van der Waals surface area contributed by atoms with E-state index in [4.69, 9.17) is 5.11 Å². The molecule has 124 valence electrons. The number of rotatable bonds is 6. The average Bonchev–Trinajstić information content (AvgIpc) is 2.32. The predicted octanol–water partition coefficient (Wildman–Crippen LogP) is 3.56. The third-order valence-electron chi connectivity index (χ3n) is 3.13. The molecule has 0 aliphatic carbocycles. The third kappa shape index (κ3) is 6.80. The lowest BCUT2D eigenvalue weighted by Crippen LogP contribution is -2.41. The number of carbonyl (C=O) groups is 1. The number of nitrogens with one attached hydrogen (secondary N) is 1. The Morgan fingerprint density at radius 3 is 2.18 bits per heavy atom. The van der Waals surface area contributed by atoms with Gasteiger partial charge in [-0.1, -0.05) is 32.9 Å². The molecule has 7 heteroatoms. The van der Waals surface area contributed by atoms with Crippen LogP contribution in [0.2, 0.25) is 0 Å². The number of carboxylic acid groups (broad SMARTS) is 1. The van der Waals surface area contributed by atoms with Gasteiger partial charge >= 0.3 is 12.3 Å². The fourth-order valence-electron chi connectivity index (χ4n) is 1.91. The molecule has 4 nitrogen and oxygen atoms in total. The smallest absolute Gasteiger partial charge is 0.481 e. The van der Waals surface area contributed by atoms with Crippen LogP contribution in [0.1, 0.15) is 32.8 Å². The van der Waals surface area contributed by atoms with Crippen molar-refractivity contribution in [3.05, 3.63) is 29.8 Å². The monoisotopic (exact) mass is 319 g/mol. The molecular weight excluding hydrogens is 299 g/mol. The van der Waals surface area contributed by atoms with Gasteiger partial charge in [0.2, 0.25) is 0 Å². The summed E-state index contributed by atoms with van der Waals surface area (Å²) < 4.78 is 40.0. The maximum absolute atomic E-state index is 12.1. The standard InChI is InChI=1S/C15H20F3NO3/c1-14(2,3)12(8-13(20)21)19-9-10-4-6-11(7-5-10)22-15(16,17)18/h4-7,12,19H,8-9H2,1-3H3,(H,20,21). The lowest BCUT2D eigenvalue weighted by molar-refractivity contribution is -0.274. The highest BCUT2D eigenvalue weighted by Crippen LogP contribution is 2.24. The largest absolute Gasteiger partial charge is 0.573 e. The van der Waals surface area contributed by atoms with E-state index in [0.717, 1.165) is 5.56 Å². The maximum atomic E-state index is 12.1. The Morgan fingerprint density at radius 1 is 1.23 bits per heavy atom. The molecule has 0 bridgehead atoms. The zero-order valence-electron chi connectivity index (χ0n) is 12.7. The number of halogens is 3. The molecule has 2 N–H and O–H groups in total. The Hall–Kier alpha value is -1.76. The van der Waals surface area contributed by atoms with Crippen molar-refractivity contribution in [2.24, 2.45) is 5.41 Å². The van der Waals surface area contributed by atoms with Gasteiger partial charge in [-0.15, -0.1) is 13.2 Å². The first-order valence-electron chi connectivity index (χ1n) is 6.77. The number of aliphatic carboxylic acids is 1. The second-order valence-corrected chi connectivity index (χ2v) is 6.09. The summed E-state index contributed by atoms with van der Waals surface area (Å²) in [5, 5.41) is 12.1. The van der Waals surface area contributed by atoms with Crippen LogP contribution in [0.25, 0.3) is 0 Å². The molecule has 0 spiro atoms. The van der Waals surface area contributed by atoms with Gasteiger partial charge in [-0.05, 0) is 23.1 Å². The van der Waals surface area contributed by atoms with Crippen LogP contribution in [-0.2, 0) is 11.3 Å². The molecule has 0 aliphatic rings. The van der Waals surface area contributed by atoms with Crippen molar-refractivity contribution in [1.82, 2.24) is 5.32 Å². The van der Waals surface area contributed by atoms with Crippen molar-refractivity contribution >= 4 is 5.97 Å². The molecule has 0 aromatic heterocycles. The number of ether oxygens (including phenoxy) is 1. The van der Waals surface area contributed by atoms with Crippen molar-refractivity contribution in [2.75, 3.05) is 0 Å². The highest BCUT2D eigenvalue weighted by atomic mass is 19.4. The van der Waals surface area contributed by atoms with E-state index in [-0.39, 0.29) is 23.6 Å². The fourth-order valence-corrected chi connectivity index (χ4v) is 1.91. The Balaban J connectivity index is 2.64. The minimum atomic E-state index is -4.71. The number of hydrogen-bond acceptors (Lipinski definition) is 3. The molecule has 1 aromatic carbocycles. The molecule has 0 saturated carbocycles. The van der Waals surface area contributed by atoms with Crippen LogP contribution in [0, 0.1) is 5.41 Å². The van der Waals surface area contributed by atoms with E-state index in [9.17, 15) is 18.0 Å². The highest BCUT2D eigenvalue weighted by molar-refractivity contribution is 5.67. The van der Waals surface area contributed by atoms with Gasteiger partial charge in [-0.2, -0.15) is 0 Å². The zero-order chi connectivity index (χ0) is 17.0. The summed E-state index contributed by atoms with van der Waals surface area (Å²) in [5.74, 6) is -1.18. The van der Waals surface area contributed by atoms with Gasteiger partial charge < -0.3 is 15.2 Å². The van der Waals surface area contributed by atoms with Gasteiger partial charge in [0.1, 0.15) is 5.75 Å². The Morgan fingerprint density at radius 2 is 1.77 bits per heavy atom. The van der Waals surface area contributed by atoms with E-state index in [0.29, 0.717) is 6.54 Å². The minimum absolute atomic E-state index is 0.0290. The van der Waals surface area contributed by atoms with Crippen LogP contribution < -0.4 is 10.1 Å². The van der Waals surface area contributed by atoms with E-state index in [1.54, 1.807) is 0 Å². The molecule has 22 heavy (non-hydrogen) atoms. The summed E-state index contributed by atoms with van der Waals surface area (Å²) in [7, 11) is 0. The van der Waals surface area contributed by atoms with Gasteiger partial charge in [-0.3, -0.25) is 4.79 Å². The molecule has 0 aliphatic heterocycles. The second-order valence-electron chi connectivity index (χ2n) is 6.09. The molecule has 1 atom stereocenters. The summed E-state index contributed by atoms with van der Waals surface area (Å²) in [6, 6.07) is 5.22. The first-order chi connectivity index (χ1) is 9.97. The lowest BCUT2D eigenvalue weighted by atomic mass is 9.84. The fraction of sp³-hybridized carbons (Fsp3) is 0.533. The zero-order valence-corrected chi connectivity index (χ0v) is 12.7. The van der Waals surface area contributed by atoms with Crippen LogP contribution in [0.5, 0.6) is 5.75 Å². The minimum Gasteiger partial charge on any atom is -0.481 e. The lowest BCUT2D eigenvalue weighted by Gasteiger charge is -2.30. The molecule has 0 heterocycles. The quantitative estimate of drug-likeness (QED) is 0.841. The highest BCUT2D eigenvalue weighted by Gasteiger charge is 2.31. The molecule has 0 fully saturated rings. The van der Waals surface area contributed by atoms with E-state index in [2.05, 4.69) is 10.1 Å².